The van der Waals surface area contributed by atoms with Gasteiger partial charge in [0, 0.05) is 38.7 Å². The minimum atomic E-state index is -4.39. The number of nitrogens with zero attached hydrogens (tertiary/aromatic N) is 2. The highest BCUT2D eigenvalue weighted by molar-refractivity contribution is 5.91. The summed E-state index contributed by atoms with van der Waals surface area (Å²) in [5, 5.41) is 0. The van der Waals surface area contributed by atoms with Crippen molar-refractivity contribution in [3.63, 3.8) is 0 Å². The van der Waals surface area contributed by atoms with Crippen LogP contribution in [0.4, 0.5) is 13.2 Å². The number of rotatable bonds is 6. The summed E-state index contributed by atoms with van der Waals surface area (Å²) in [7, 11) is 1.61. The largest absolute Gasteiger partial charge is 0.497 e. The number of carbonyl (C=O) groups is 2. The molecule has 0 aliphatic carbocycles. The van der Waals surface area contributed by atoms with Gasteiger partial charge in [-0.3, -0.25) is 9.59 Å². The molecule has 0 bridgehead atoms. The van der Waals surface area contributed by atoms with E-state index in [4.69, 9.17) is 4.74 Å². The number of halogens is 3. The predicted octanol–water partition coefficient (Wildman–Crippen LogP) is 4.42. The molecule has 176 valence electrons. The molecule has 0 N–H and O–H groups in total. The molecule has 33 heavy (non-hydrogen) atoms. The van der Waals surface area contributed by atoms with Gasteiger partial charge >= 0.3 is 6.18 Å². The van der Waals surface area contributed by atoms with Gasteiger partial charge in [-0.15, -0.1) is 0 Å². The van der Waals surface area contributed by atoms with Crippen molar-refractivity contribution in [2.45, 2.75) is 25.4 Å². The average molecular weight is 460 g/mol. The lowest BCUT2D eigenvalue weighted by molar-refractivity contribution is -0.137. The van der Waals surface area contributed by atoms with Crippen LogP contribution in [0.3, 0.4) is 0 Å². The standard InChI is InChI=1S/C25H27F3N2O3/c1-33-22-11-5-20(6-12-22)8-14-24(32)30-16-2-15-29(17-18-30)23(31)13-7-19-3-9-21(10-4-19)25(26,27)28/h3-7,9-13H,2,8,14-18H2,1H3/b13-7+. The molecule has 1 saturated heterocycles. The monoisotopic (exact) mass is 460 g/mol. The number of hydrogen-bond donors (Lipinski definition) is 0. The molecule has 5 nitrogen and oxygen atoms in total. The Kier molecular flexibility index (Phi) is 8.14. The number of carbonyl (C=O) groups excluding carboxylic acids is 2. The smallest absolute Gasteiger partial charge is 0.416 e. The second-order valence-corrected chi connectivity index (χ2v) is 7.86. The van der Waals surface area contributed by atoms with Gasteiger partial charge < -0.3 is 14.5 Å². The third-order valence-corrected chi connectivity index (χ3v) is 5.60. The number of aryl methyl sites for hydroxylation is 1. The van der Waals surface area contributed by atoms with Gasteiger partial charge in [-0.1, -0.05) is 24.3 Å². The quantitative estimate of drug-likeness (QED) is 0.600. The van der Waals surface area contributed by atoms with E-state index in [2.05, 4.69) is 0 Å². The Hall–Kier alpha value is -3.29. The molecular formula is C25H27F3N2O3. The van der Waals surface area contributed by atoms with Crippen LogP contribution >= 0.6 is 0 Å². The molecule has 0 spiro atoms. The topological polar surface area (TPSA) is 49.9 Å². The second-order valence-electron chi connectivity index (χ2n) is 7.86. The third-order valence-electron chi connectivity index (χ3n) is 5.60. The van der Waals surface area contributed by atoms with E-state index in [1.165, 1.54) is 24.3 Å². The maximum absolute atomic E-state index is 12.7. The van der Waals surface area contributed by atoms with E-state index in [1.807, 2.05) is 24.3 Å². The normalized spacial score (nSPS) is 14.9. The Bertz CT molecular complexity index is 970. The summed E-state index contributed by atoms with van der Waals surface area (Å²) in [4.78, 5) is 28.6. The van der Waals surface area contributed by atoms with E-state index in [0.717, 1.165) is 23.4 Å². The molecule has 0 radical (unpaired) electrons. The molecule has 2 aromatic rings. The van der Waals surface area contributed by atoms with Crippen LogP contribution in [-0.2, 0) is 22.2 Å². The molecule has 0 unspecified atom stereocenters. The van der Waals surface area contributed by atoms with Gasteiger partial charge in [0.1, 0.15) is 5.75 Å². The second kappa shape index (κ2) is 11.0. The molecule has 0 aromatic heterocycles. The summed E-state index contributed by atoms with van der Waals surface area (Å²) >= 11 is 0. The molecular weight excluding hydrogens is 433 g/mol. The van der Waals surface area contributed by atoms with Gasteiger partial charge in [0.25, 0.3) is 0 Å². The zero-order valence-corrected chi connectivity index (χ0v) is 18.5. The summed E-state index contributed by atoms with van der Waals surface area (Å²) in [6, 6.07) is 12.3. The van der Waals surface area contributed by atoms with Crippen molar-refractivity contribution < 1.29 is 27.5 Å². The predicted molar refractivity (Wildman–Crippen MR) is 120 cm³/mol. The summed E-state index contributed by atoms with van der Waals surface area (Å²) < 4.78 is 43.1. The Morgan fingerprint density at radius 2 is 1.58 bits per heavy atom. The molecule has 1 aliphatic rings. The number of benzene rings is 2. The van der Waals surface area contributed by atoms with E-state index >= 15 is 0 Å². The first kappa shape index (κ1) is 24.4. The fourth-order valence-electron chi connectivity index (χ4n) is 3.64. The van der Waals surface area contributed by atoms with Gasteiger partial charge in [0.05, 0.1) is 12.7 Å². The first-order valence-electron chi connectivity index (χ1n) is 10.8. The highest BCUT2D eigenvalue weighted by Crippen LogP contribution is 2.29. The number of alkyl halides is 3. The number of methoxy groups -OCH3 is 1. The maximum Gasteiger partial charge on any atom is 0.416 e. The molecule has 1 aliphatic heterocycles. The Labute approximate surface area is 191 Å². The van der Waals surface area contributed by atoms with Gasteiger partial charge in [-0.2, -0.15) is 13.2 Å². The zero-order chi connectivity index (χ0) is 23.8. The molecule has 0 atom stereocenters. The summed E-state index contributed by atoms with van der Waals surface area (Å²) in [6.45, 7) is 2.00. The first-order valence-corrected chi connectivity index (χ1v) is 10.8. The van der Waals surface area contributed by atoms with E-state index < -0.39 is 11.7 Å². The molecule has 1 fully saturated rings. The number of hydrogen-bond acceptors (Lipinski definition) is 3. The highest BCUT2D eigenvalue weighted by Gasteiger charge is 2.29. The van der Waals surface area contributed by atoms with Crippen molar-refractivity contribution in [2.75, 3.05) is 33.3 Å². The van der Waals surface area contributed by atoms with Crippen LogP contribution in [0.5, 0.6) is 5.75 Å². The minimum absolute atomic E-state index is 0.0559. The van der Waals surface area contributed by atoms with Crippen LogP contribution in [0.15, 0.2) is 54.6 Å². The molecule has 2 amide bonds. The Morgan fingerprint density at radius 3 is 2.21 bits per heavy atom. The van der Waals surface area contributed by atoms with Crippen molar-refractivity contribution in [3.8, 4) is 5.75 Å². The molecule has 0 saturated carbocycles. The summed E-state index contributed by atoms with van der Waals surface area (Å²) in [5.41, 5.74) is 0.848. The lowest BCUT2D eigenvalue weighted by atomic mass is 10.1. The first-order chi connectivity index (χ1) is 15.8. The Morgan fingerprint density at radius 1 is 0.939 bits per heavy atom. The Balaban J connectivity index is 1.48. The summed E-state index contributed by atoms with van der Waals surface area (Å²) in [5.74, 6) is 0.609. The molecule has 2 aromatic carbocycles. The molecule has 8 heteroatoms. The highest BCUT2D eigenvalue weighted by atomic mass is 19.4. The van der Waals surface area contributed by atoms with Crippen LogP contribution in [0, 0.1) is 0 Å². The van der Waals surface area contributed by atoms with Crippen LogP contribution in [0.2, 0.25) is 0 Å². The fourth-order valence-corrected chi connectivity index (χ4v) is 3.64. The summed E-state index contributed by atoms with van der Waals surface area (Å²) in [6.07, 6.45) is 0.192. The van der Waals surface area contributed by atoms with E-state index in [-0.39, 0.29) is 11.8 Å². The van der Waals surface area contributed by atoms with Crippen LogP contribution in [-0.4, -0.2) is 54.9 Å². The number of amides is 2. The van der Waals surface area contributed by atoms with Gasteiger partial charge in [0.15, 0.2) is 0 Å². The number of ether oxygens (including phenoxy) is 1. The lowest BCUT2D eigenvalue weighted by Gasteiger charge is -2.21. The van der Waals surface area contributed by atoms with Crippen molar-refractivity contribution in [1.82, 2.24) is 9.80 Å². The minimum Gasteiger partial charge on any atom is -0.497 e. The average Bonchev–Trinajstić information content (AvgIpc) is 3.07. The van der Waals surface area contributed by atoms with Crippen LogP contribution < -0.4 is 4.74 Å². The molecule has 3 rings (SSSR count). The van der Waals surface area contributed by atoms with E-state index in [0.29, 0.717) is 51.0 Å². The van der Waals surface area contributed by atoms with Gasteiger partial charge in [-0.05, 0) is 54.3 Å². The van der Waals surface area contributed by atoms with Crippen molar-refractivity contribution in [3.05, 3.63) is 71.3 Å². The third kappa shape index (κ3) is 7.10. The SMILES string of the molecule is COc1ccc(CCC(=O)N2CCCN(C(=O)/C=C/c3ccc(C(F)(F)F)cc3)CC2)cc1. The van der Waals surface area contributed by atoms with Gasteiger partial charge in [-0.25, -0.2) is 0 Å². The zero-order valence-electron chi connectivity index (χ0n) is 18.5. The maximum atomic E-state index is 12.7. The van der Waals surface area contributed by atoms with Gasteiger partial charge in [0.2, 0.25) is 11.8 Å². The van der Waals surface area contributed by atoms with Crippen molar-refractivity contribution >= 4 is 17.9 Å². The van der Waals surface area contributed by atoms with E-state index in [9.17, 15) is 22.8 Å². The van der Waals surface area contributed by atoms with E-state index in [1.54, 1.807) is 16.9 Å². The van der Waals surface area contributed by atoms with Crippen molar-refractivity contribution in [1.29, 1.82) is 0 Å². The lowest BCUT2D eigenvalue weighted by Crippen LogP contribution is -2.36. The van der Waals surface area contributed by atoms with Crippen LogP contribution in [0.25, 0.3) is 6.08 Å². The fraction of sp³-hybridized carbons (Fsp3) is 0.360. The van der Waals surface area contributed by atoms with Crippen molar-refractivity contribution in [2.24, 2.45) is 0 Å². The van der Waals surface area contributed by atoms with Crippen LogP contribution in [0.1, 0.15) is 29.5 Å². The molecule has 1 heterocycles.